The van der Waals surface area contributed by atoms with Crippen LogP contribution in [0.25, 0.3) is 21.5 Å². The topological polar surface area (TPSA) is 59.8 Å². The monoisotopic (exact) mass is 428 g/mol. The van der Waals surface area contributed by atoms with Crippen LogP contribution in [-0.2, 0) is 11.8 Å². The molecule has 0 saturated carbocycles. The van der Waals surface area contributed by atoms with E-state index >= 15 is 0 Å². The third-order valence-corrected chi connectivity index (χ3v) is 6.58. The smallest absolute Gasteiger partial charge is 0.234 e. The Morgan fingerprint density at radius 1 is 1.25 bits per heavy atom. The van der Waals surface area contributed by atoms with Crippen LogP contribution in [0.3, 0.4) is 0 Å². The van der Waals surface area contributed by atoms with Crippen LogP contribution in [0.15, 0.2) is 53.0 Å². The molecular formula is C20H17ClN4OS2. The number of halogens is 1. The summed E-state index contributed by atoms with van der Waals surface area (Å²) in [6.45, 7) is 1.93. The van der Waals surface area contributed by atoms with Crippen LogP contribution in [0, 0.1) is 6.92 Å². The van der Waals surface area contributed by atoms with Crippen molar-refractivity contribution < 1.29 is 4.79 Å². The van der Waals surface area contributed by atoms with Gasteiger partial charge in [0.1, 0.15) is 0 Å². The fraction of sp³-hybridized carbons (Fsp3) is 0.150. The van der Waals surface area contributed by atoms with E-state index in [2.05, 4.69) is 33.0 Å². The number of fused-ring (bicyclic) bond motifs is 1. The maximum absolute atomic E-state index is 12.3. The number of thioether (sulfide) groups is 1. The van der Waals surface area contributed by atoms with Crippen LogP contribution in [0.5, 0.6) is 0 Å². The van der Waals surface area contributed by atoms with E-state index in [-0.39, 0.29) is 11.7 Å². The number of carbonyl (C=O) groups is 1. The van der Waals surface area contributed by atoms with Crippen molar-refractivity contribution in [1.29, 1.82) is 0 Å². The predicted octanol–water partition coefficient (Wildman–Crippen LogP) is 5.39. The molecule has 28 heavy (non-hydrogen) atoms. The summed E-state index contributed by atoms with van der Waals surface area (Å²) in [5.41, 5.74) is 2.75. The highest BCUT2D eigenvalue weighted by molar-refractivity contribution is 7.99. The number of amides is 1. The van der Waals surface area contributed by atoms with E-state index in [1.807, 2.05) is 36.7 Å². The lowest BCUT2D eigenvalue weighted by atomic mass is 10.2. The van der Waals surface area contributed by atoms with Crippen LogP contribution >= 0.6 is 34.7 Å². The normalized spacial score (nSPS) is 11.1. The summed E-state index contributed by atoms with van der Waals surface area (Å²) in [5, 5.41) is 16.1. The van der Waals surface area contributed by atoms with Crippen LogP contribution in [0.2, 0.25) is 5.02 Å². The molecule has 0 aliphatic rings. The number of aromatic nitrogens is 3. The SMILES string of the molecule is Cc1ccc(Cl)cc1NC(=O)CSc1nnc(-c2csc3ccccc23)n1C. The zero-order valence-corrected chi connectivity index (χ0v) is 17.7. The molecule has 0 aliphatic heterocycles. The number of thiophene rings is 1. The van der Waals surface area contributed by atoms with Crippen LogP contribution in [0.1, 0.15) is 5.56 Å². The molecule has 0 aliphatic carbocycles. The summed E-state index contributed by atoms with van der Waals surface area (Å²) in [4.78, 5) is 12.3. The molecule has 4 aromatic rings. The fourth-order valence-electron chi connectivity index (χ4n) is 2.87. The average molecular weight is 429 g/mol. The van der Waals surface area contributed by atoms with Gasteiger partial charge < -0.3 is 9.88 Å². The quantitative estimate of drug-likeness (QED) is 0.433. The maximum Gasteiger partial charge on any atom is 0.234 e. The second-order valence-corrected chi connectivity index (χ2v) is 8.60. The standard InChI is InChI=1S/C20H17ClN4OS2/c1-12-7-8-13(21)9-16(12)22-18(26)11-28-20-24-23-19(25(20)2)15-10-27-17-6-4-3-5-14(15)17/h3-10H,11H2,1-2H3,(H,22,26). The number of aryl methyl sites for hydroxylation is 1. The van der Waals surface area contributed by atoms with Crippen molar-refractivity contribution in [2.45, 2.75) is 12.1 Å². The third-order valence-electron chi connectivity index (χ3n) is 4.36. The lowest BCUT2D eigenvalue weighted by molar-refractivity contribution is -0.113. The van der Waals surface area contributed by atoms with E-state index < -0.39 is 0 Å². The van der Waals surface area contributed by atoms with E-state index in [0.717, 1.165) is 28.0 Å². The van der Waals surface area contributed by atoms with Gasteiger partial charge in [0.15, 0.2) is 11.0 Å². The van der Waals surface area contributed by atoms with Gasteiger partial charge in [-0.1, -0.05) is 47.6 Å². The fourth-order valence-corrected chi connectivity index (χ4v) is 4.69. The van der Waals surface area contributed by atoms with E-state index in [1.54, 1.807) is 23.5 Å². The number of nitrogens with one attached hydrogen (secondary N) is 1. The van der Waals surface area contributed by atoms with Crippen molar-refractivity contribution in [1.82, 2.24) is 14.8 Å². The molecule has 1 N–H and O–H groups in total. The van der Waals surface area contributed by atoms with Gasteiger partial charge in [0.2, 0.25) is 5.91 Å². The highest BCUT2D eigenvalue weighted by Crippen LogP contribution is 2.33. The molecule has 2 heterocycles. The predicted molar refractivity (Wildman–Crippen MR) is 117 cm³/mol. The molecule has 5 nitrogen and oxygen atoms in total. The molecule has 2 aromatic heterocycles. The Morgan fingerprint density at radius 3 is 2.93 bits per heavy atom. The van der Waals surface area contributed by atoms with E-state index in [9.17, 15) is 4.79 Å². The van der Waals surface area contributed by atoms with Gasteiger partial charge in [0.25, 0.3) is 0 Å². The van der Waals surface area contributed by atoms with E-state index in [0.29, 0.717) is 10.2 Å². The van der Waals surface area contributed by atoms with Gasteiger partial charge in [0.05, 0.1) is 5.75 Å². The number of rotatable bonds is 5. The number of hydrogen-bond acceptors (Lipinski definition) is 5. The second kappa shape index (κ2) is 7.95. The summed E-state index contributed by atoms with van der Waals surface area (Å²) in [6, 6.07) is 13.7. The summed E-state index contributed by atoms with van der Waals surface area (Å²) >= 11 is 9.05. The Kier molecular flexibility index (Phi) is 5.39. The van der Waals surface area contributed by atoms with Crippen molar-refractivity contribution >= 4 is 56.4 Å². The Hall–Kier alpha value is -2.35. The summed E-state index contributed by atoms with van der Waals surface area (Å²) in [6.07, 6.45) is 0. The van der Waals surface area contributed by atoms with Crippen molar-refractivity contribution in [3.05, 3.63) is 58.4 Å². The van der Waals surface area contributed by atoms with Crippen molar-refractivity contribution in [3.8, 4) is 11.4 Å². The maximum atomic E-state index is 12.3. The van der Waals surface area contributed by atoms with E-state index in [1.165, 1.54) is 16.5 Å². The lowest BCUT2D eigenvalue weighted by Gasteiger charge is -2.08. The van der Waals surface area contributed by atoms with Gasteiger partial charge in [-0.25, -0.2) is 0 Å². The molecule has 0 bridgehead atoms. The summed E-state index contributed by atoms with van der Waals surface area (Å²) in [7, 11) is 1.92. The first-order valence-electron chi connectivity index (χ1n) is 8.57. The zero-order chi connectivity index (χ0) is 19.7. The van der Waals surface area contributed by atoms with Crippen molar-refractivity contribution in [2.75, 3.05) is 11.1 Å². The summed E-state index contributed by atoms with van der Waals surface area (Å²) in [5.74, 6) is 0.925. The average Bonchev–Trinajstić information content (AvgIpc) is 3.26. The molecule has 0 saturated heterocycles. The first kappa shape index (κ1) is 19.0. The number of carbonyl (C=O) groups excluding carboxylic acids is 1. The molecule has 4 rings (SSSR count). The van der Waals surface area contributed by atoms with Gasteiger partial charge in [-0.15, -0.1) is 21.5 Å². The Bertz CT molecular complexity index is 1170. The minimum atomic E-state index is -0.110. The molecule has 1 amide bonds. The van der Waals surface area contributed by atoms with Gasteiger partial charge >= 0.3 is 0 Å². The largest absolute Gasteiger partial charge is 0.325 e. The first-order chi connectivity index (χ1) is 13.5. The molecule has 0 fully saturated rings. The van der Waals surface area contributed by atoms with Crippen LogP contribution < -0.4 is 5.32 Å². The van der Waals surface area contributed by atoms with Crippen LogP contribution in [-0.4, -0.2) is 26.4 Å². The summed E-state index contributed by atoms with van der Waals surface area (Å²) < 4.78 is 3.14. The molecular weight excluding hydrogens is 412 g/mol. The van der Waals surface area contributed by atoms with Gasteiger partial charge in [-0.05, 0) is 30.7 Å². The molecule has 0 unspecified atom stereocenters. The van der Waals surface area contributed by atoms with Crippen LogP contribution in [0.4, 0.5) is 5.69 Å². The van der Waals surface area contributed by atoms with E-state index in [4.69, 9.17) is 11.6 Å². The second-order valence-electron chi connectivity index (χ2n) is 6.31. The zero-order valence-electron chi connectivity index (χ0n) is 15.3. The number of nitrogens with zero attached hydrogens (tertiary/aromatic N) is 3. The van der Waals surface area contributed by atoms with Gasteiger partial charge in [-0.3, -0.25) is 4.79 Å². The van der Waals surface area contributed by atoms with Gasteiger partial charge in [0, 0.05) is 38.8 Å². The van der Waals surface area contributed by atoms with Gasteiger partial charge in [-0.2, -0.15) is 0 Å². The van der Waals surface area contributed by atoms with Crippen molar-refractivity contribution in [3.63, 3.8) is 0 Å². The van der Waals surface area contributed by atoms with Crippen molar-refractivity contribution in [2.24, 2.45) is 7.05 Å². The number of benzene rings is 2. The molecule has 0 spiro atoms. The number of anilines is 1. The lowest BCUT2D eigenvalue weighted by Crippen LogP contribution is -2.15. The third kappa shape index (κ3) is 3.78. The molecule has 8 heteroatoms. The molecule has 0 atom stereocenters. The first-order valence-corrected chi connectivity index (χ1v) is 10.8. The highest BCUT2D eigenvalue weighted by Gasteiger charge is 2.16. The Labute approximate surface area is 175 Å². The molecule has 2 aromatic carbocycles. The Balaban J connectivity index is 1.48. The minimum absolute atomic E-state index is 0.110. The number of hydrogen-bond donors (Lipinski definition) is 1. The minimum Gasteiger partial charge on any atom is -0.325 e. The molecule has 0 radical (unpaired) electrons. The highest BCUT2D eigenvalue weighted by atomic mass is 35.5. The Morgan fingerprint density at radius 2 is 2.07 bits per heavy atom. The molecule has 142 valence electrons.